The van der Waals surface area contributed by atoms with Crippen molar-refractivity contribution >= 4 is 0 Å². The molecule has 0 aliphatic rings. The Balaban J connectivity index is 1.45. The van der Waals surface area contributed by atoms with Crippen LogP contribution in [0.5, 0.6) is 5.75 Å². The third-order valence-corrected chi connectivity index (χ3v) is 8.68. The number of nitrogens with zero attached hydrogens (tertiary/aromatic N) is 2. The molecule has 1 aromatic heterocycles. The predicted molar refractivity (Wildman–Crippen MR) is 183 cm³/mol. The van der Waals surface area contributed by atoms with Gasteiger partial charge in [-0.3, -0.25) is 0 Å². The van der Waals surface area contributed by atoms with Gasteiger partial charge < -0.3 is 4.74 Å². The van der Waals surface area contributed by atoms with Gasteiger partial charge in [0, 0.05) is 5.56 Å². The summed E-state index contributed by atoms with van der Waals surface area (Å²) in [6.45, 7) is 5.34. The van der Waals surface area contributed by atoms with Crippen molar-refractivity contribution in [3.63, 3.8) is 0 Å². The van der Waals surface area contributed by atoms with Crippen LogP contribution in [0.2, 0.25) is 0 Å². The SMILES string of the molecule is CCCCCCCCCCCCCCCOc1cnc(-c2ccc(CCCCCCCCCCCCCC)cc2)nc1. The van der Waals surface area contributed by atoms with E-state index in [0.717, 1.165) is 30.2 Å². The summed E-state index contributed by atoms with van der Waals surface area (Å²) in [7, 11) is 0. The van der Waals surface area contributed by atoms with Crippen LogP contribution in [0.25, 0.3) is 11.4 Å². The van der Waals surface area contributed by atoms with Gasteiger partial charge in [-0.25, -0.2) is 9.97 Å². The minimum absolute atomic E-state index is 0.758. The third-order valence-electron chi connectivity index (χ3n) is 8.68. The van der Waals surface area contributed by atoms with Crippen LogP contribution in [-0.2, 0) is 6.42 Å². The summed E-state index contributed by atoms with van der Waals surface area (Å²) in [4.78, 5) is 9.13. The molecule has 0 unspecified atom stereocenters. The predicted octanol–water partition coefficient (Wildman–Crippen LogP) is 12.9. The first-order valence-corrected chi connectivity index (χ1v) is 18.4. The van der Waals surface area contributed by atoms with Gasteiger partial charge in [-0.05, 0) is 24.8 Å². The van der Waals surface area contributed by atoms with Crippen LogP contribution in [-0.4, -0.2) is 16.6 Å². The molecule has 3 nitrogen and oxygen atoms in total. The van der Waals surface area contributed by atoms with Gasteiger partial charge in [0.1, 0.15) is 0 Å². The minimum Gasteiger partial charge on any atom is -0.490 e. The van der Waals surface area contributed by atoms with E-state index in [1.165, 1.54) is 166 Å². The highest BCUT2D eigenvalue weighted by Crippen LogP contribution is 2.19. The molecule has 238 valence electrons. The Morgan fingerprint density at radius 3 is 1.26 bits per heavy atom. The first-order valence-electron chi connectivity index (χ1n) is 18.4. The highest BCUT2D eigenvalue weighted by atomic mass is 16.5. The highest BCUT2D eigenvalue weighted by molar-refractivity contribution is 5.55. The number of hydrogen-bond donors (Lipinski definition) is 0. The monoisotopic (exact) mass is 579 g/mol. The second-order valence-electron chi connectivity index (χ2n) is 12.7. The molecule has 0 aliphatic heterocycles. The summed E-state index contributed by atoms with van der Waals surface area (Å²) in [5, 5.41) is 0. The first-order chi connectivity index (χ1) is 20.8. The molecule has 2 rings (SSSR count). The Bertz CT molecular complexity index is 832. The number of ether oxygens (including phenoxy) is 1. The summed E-state index contributed by atoms with van der Waals surface area (Å²) in [6, 6.07) is 8.82. The van der Waals surface area contributed by atoms with E-state index in [0.29, 0.717) is 0 Å². The molecular formula is C39H66N2O. The second kappa shape index (κ2) is 26.7. The average molecular weight is 579 g/mol. The van der Waals surface area contributed by atoms with Crippen molar-refractivity contribution in [2.45, 2.75) is 181 Å². The van der Waals surface area contributed by atoms with E-state index in [9.17, 15) is 0 Å². The Labute approximate surface area is 261 Å². The van der Waals surface area contributed by atoms with Crippen molar-refractivity contribution < 1.29 is 4.74 Å². The number of unbranched alkanes of at least 4 members (excludes halogenated alkanes) is 23. The van der Waals surface area contributed by atoms with Crippen LogP contribution in [0, 0.1) is 0 Å². The van der Waals surface area contributed by atoms with Gasteiger partial charge in [0.2, 0.25) is 0 Å². The quantitative estimate of drug-likeness (QED) is 0.0900. The van der Waals surface area contributed by atoms with E-state index in [1.807, 2.05) is 12.4 Å². The molecule has 2 aromatic rings. The zero-order valence-corrected chi connectivity index (χ0v) is 27.9. The second-order valence-corrected chi connectivity index (χ2v) is 12.7. The van der Waals surface area contributed by atoms with E-state index < -0.39 is 0 Å². The lowest BCUT2D eigenvalue weighted by Crippen LogP contribution is -1.99. The molecule has 0 fully saturated rings. The zero-order chi connectivity index (χ0) is 29.8. The van der Waals surface area contributed by atoms with E-state index >= 15 is 0 Å². The molecule has 0 atom stereocenters. The summed E-state index contributed by atoms with van der Waals surface area (Å²) < 4.78 is 5.90. The smallest absolute Gasteiger partial charge is 0.159 e. The van der Waals surface area contributed by atoms with Crippen LogP contribution in [0.1, 0.15) is 180 Å². The maximum atomic E-state index is 5.90. The molecule has 0 aliphatic carbocycles. The fraction of sp³-hybridized carbons (Fsp3) is 0.744. The lowest BCUT2D eigenvalue weighted by molar-refractivity contribution is 0.302. The van der Waals surface area contributed by atoms with E-state index in [1.54, 1.807) is 0 Å². The molecule has 0 radical (unpaired) electrons. The molecule has 42 heavy (non-hydrogen) atoms. The van der Waals surface area contributed by atoms with Gasteiger partial charge in [-0.15, -0.1) is 0 Å². The fourth-order valence-corrected chi connectivity index (χ4v) is 5.84. The number of benzene rings is 1. The molecular weight excluding hydrogens is 512 g/mol. The van der Waals surface area contributed by atoms with Gasteiger partial charge >= 0.3 is 0 Å². The first kappa shape index (κ1) is 36.3. The molecule has 0 amide bonds. The third kappa shape index (κ3) is 19.3. The van der Waals surface area contributed by atoms with Crippen LogP contribution in [0.4, 0.5) is 0 Å². The van der Waals surface area contributed by atoms with Crippen LogP contribution < -0.4 is 4.74 Å². The molecule has 1 aromatic carbocycles. The molecule has 3 heteroatoms. The summed E-state index contributed by atoms with van der Waals surface area (Å²) in [5.41, 5.74) is 2.50. The maximum absolute atomic E-state index is 5.90. The zero-order valence-electron chi connectivity index (χ0n) is 27.9. The van der Waals surface area contributed by atoms with Crippen molar-refractivity contribution in [2.24, 2.45) is 0 Å². The van der Waals surface area contributed by atoms with Crippen molar-refractivity contribution in [1.82, 2.24) is 9.97 Å². The topological polar surface area (TPSA) is 35.0 Å². The van der Waals surface area contributed by atoms with Gasteiger partial charge in [0.05, 0.1) is 19.0 Å². The molecule has 0 bridgehead atoms. The summed E-state index contributed by atoms with van der Waals surface area (Å²) in [5.74, 6) is 1.56. The molecule has 1 heterocycles. The summed E-state index contributed by atoms with van der Waals surface area (Å²) >= 11 is 0. The van der Waals surface area contributed by atoms with E-state index in [2.05, 4.69) is 48.1 Å². The van der Waals surface area contributed by atoms with Crippen molar-refractivity contribution in [1.29, 1.82) is 0 Å². The Kier molecular flexibility index (Phi) is 23.1. The van der Waals surface area contributed by atoms with Gasteiger partial charge in [0.25, 0.3) is 0 Å². The van der Waals surface area contributed by atoms with Gasteiger partial charge in [0.15, 0.2) is 11.6 Å². The van der Waals surface area contributed by atoms with Crippen LogP contribution in [0.15, 0.2) is 36.7 Å². The minimum atomic E-state index is 0.758. The number of rotatable bonds is 29. The van der Waals surface area contributed by atoms with Crippen molar-refractivity contribution in [3.05, 3.63) is 42.2 Å². The Morgan fingerprint density at radius 1 is 0.452 bits per heavy atom. The van der Waals surface area contributed by atoms with Crippen molar-refractivity contribution in [2.75, 3.05) is 6.61 Å². The summed E-state index contributed by atoms with van der Waals surface area (Å²) in [6.07, 6.45) is 39.4. The van der Waals surface area contributed by atoms with Crippen LogP contribution >= 0.6 is 0 Å². The molecule has 0 saturated heterocycles. The fourth-order valence-electron chi connectivity index (χ4n) is 5.84. The van der Waals surface area contributed by atoms with E-state index in [-0.39, 0.29) is 0 Å². The van der Waals surface area contributed by atoms with Crippen molar-refractivity contribution in [3.8, 4) is 17.1 Å². The number of hydrogen-bond acceptors (Lipinski definition) is 3. The standard InChI is InChI=1S/C39H66N2O/c1-3-5-7-9-11-13-15-17-19-21-23-25-27-33-42-38-34-40-39(41-35-38)37-31-29-36(30-32-37)28-26-24-22-20-18-16-14-12-10-8-6-4-2/h29-32,34-35H,3-28,33H2,1-2H3. The molecule has 0 spiro atoms. The number of aryl methyl sites for hydroxylation is 1. The largest absolute Gasteiger partial charge is 0.490 e. The van der Waals surface area contributed by atoms with Crippen LogP contribution in [0.3, 0.4) is 0 Å². The Morgan fingerprint density at radius 2 is 0.833 bits per heavy atom. The normalized spacial score (nSPS) is 11.3. The lowest BCUT2D eigenvalue weighted by Gasteiger charge is -2.07. The average Bonchev–Trinajstić information content (AvgIpc) is 3.02. The van der Waals surface area contributed by atoms with Gasteiger partial charge in [-0.1, -0.05) is 186 Å². The van der Waals surface area contributed by atoms with Gasteiger partial charge in [-0.2, -0.15) is 0 Å². The molecule has 0 N–H and O–H groups in total. The molecule has 0 saturated carbocycles. The highest BCUT2D eigenvalue weighted by Gasteiger charge is 2.04. The number of aromatic nitrogens is 2. The van der Waals surface area contributed by atoms with E-state index in [4.69, 9.17) is 4.74 Å². The Hall–Kier alpha value is -1.90. The lowest BCUT2D eigenvalue weighted by atomic mass is 10.0. The maximum Gasteiger partial charge on any atom is 0.159 e.